The predicted molar refractivity (Wildman–Crippen MR) is 61.3 cm³/mol. The van der Waals surface area contributed by atoms with Crippen molar-refractivity contribution in [1.29, 1.82) is 0 Å². The number of aryl methyl sites for hydroxylation is 1. The van der Waals surface area contributed by atoms with Crippen LogP contribution in [0.15, 0.2) is 34.7 Å². The van der Waals surface area contributed by atoms with Crippen molar-refractivity contribution in [2.75, 3.05) is 0 Å². The van der Waals surface area contributed by atoms with Gasteiger partial charge in [-0.2, -0.15) is 0 Å². The van der Waals surface area contributed by atoms with Gasteiger partial charge in [0.1, 0.15) is 5.01 Å². The van der Waals surface area contributed by atoms with Gasteiger partial charge in [0.15, 0.2) is 5.03 Å². The van der Waals surface area contributed by atoms with E-state index < -0.39 is 11.1 Å². The molecule has 3 nitrogen and oxygen atoms in total. The lowest BCUT2D eigenvalue weighted by molar-refractivity contribution is 0.561. The number of aromatic nitrogens is 1. The first-order valence-electron chi connectivity index (χ1n) is 4.30. The van der Waals surface area contributed by atoms with E-state index in [-0.39, 0.29) is 5.03 Å². The standard InChI is InChI=1S/C10H9NO2S2/c1-7-3-2-4-8(5-7)10-11-9(6-14-10)15(12)13/h2-6H,1H3,(H,12,13). The fourth-order valence-corrected chi connectivity index (χ4v) is 2.63. The molecule has 1 unspecified atom stereocenters. The van der Waals surface area contributed by atoms with E-state index in [4.69, 9.17) is 4.55 Å². The second-order valence-electron chi connectivity index (χ2n) is 3.11. The molecule has 5 heteroatoms. The number of benzene rings is 1. The Balaban J connectivity index is 2.41. The Morgan fingerprint density at radius 3 is 2.87 bits per heavy atom. The van der Waals surface area contributed by atoms with Gasteiger partial charge in [-0.05, 0) is 13.0 Å². The van der Waals surface area contributed by atoms with Crippen LogP contribution in [-0.2, 0) is 11.1 Å². The second kappa shape index (κ2) is 4.22. The van der Waals surface area contributed by atoms with E-state index in [0.717, 1.165) is 16.1 Å². The van der Waals surface area contributed by atoms with Crippen LogP contribution < -0.4 is 0 Å². The second-order valence-corrected chi connectivity index (χ2v) is 4.88. The van der Waals surface area contributed by atoms with Gasteiger partial charge < -0.3 is 4.55 Å². The Morgan fingerprint density at radius 1 is 1.47 bits per heavy atom. The molecule has 0 amide bonds. The number of hydrogen-bond acceptors (Lipinski definition) is 3. The molecule has 0 aliphatic rings. The molecule has 0 aliphatic heterocycles. The smallest absolute Gasteiger partial charge is 0.206 e. The average Bonchev–Trinajstić information content (AvgIpc) is 2.66. The molecule has 78 valence electrons. The predicted octanol–water partition coefficient (Wildman–Crippen LogP) is 2.70. The molecule has 1 aromatic heterocycles. The van der Waals surface area contributed by atoms with Gasteiger partial charge in [-0.1, -0.05) is 23.8 Å². The van der Waals surface area contributed by atoms with E-state index in [1.807, 2.05) is 31.2 Å². The molecular weight excluding hydrogens is 230 g/mol. The number of hydrogen-bond donors (Lipinski definition) is 1. The van der Waals surface area contributed by atoms with Gasteiger partial charge >= 0.3 is 0 Å². The van der Waals surface area contributed by atoms with Crippen molar-refractivity contribution < 1.29 is 8.76 Å². The lowest BCUT2D eigenvalue weighted by Crippen LogP contribution is -1.87. The monoisotopic (exact) mass is 239 g/mol. The molecule has 0 bridgehead atoms. The Bertz CT molecular complexity index is 508. The highest BCUT2D eigenvalue weighted by molar-refractivity contribution is 7.79. The largest absolute Gasteiger partial charge is 0.301 e. The summed E-state index contributed by atoms with van der Waals surface area (Å²) in [4.78, 5) is 4.09. The van der Waals surface area contributed by atoms with E-state index in [0.29, 0.717) is 0 Å². The van der Waals surface area contributed by atoms with Gasteiger partial charge in [-0.25, -0.2) is 9.19 Å². The van der Waals surface area contributed by atoms with Crippen molar-refractivity contribution in [2.24, 2.45) is 0 Å². The molecule has 2 aromatic rings. The van der Waals surface area contributed by atoms with Gasteiger partial charge in [0.25, 0.3) is 0 Å². The maximum atomic E-state index is 10.8. The van der Waals surface area contributed by atoms with Crippen molar-refractivity contribution in [3.63, 3.8) is 0 Å². The fraction of sp³-hybridized carbons (Fsp3) is 0.100. The molecule has 1 atom stereocenters. The summed E-state index contributed by atoms with van der Waals surface area (Å²) in [6.07, 6.45) is 0. The molecule has 0 spiro atoms. The van der Waals surface area contributed by atoms with Crippen LogP contribution in [0.25, 0.3) is 10.6 Å². The van der Waals surface area contributed by atoms with Crippen molar-refractivity contribution in [3.8, 4) is 10.6 Å². The normalized spacial score (nSPS) is 12.7. The first-order valence-corrected chi connectivity index (χ1v) is 6.29. The molecule has 2 rings (SSSR count). The van der Waals surface area contributed by atoms with Crippen molar-refractivity contribution in [1.82, 2.24) is 4.98 Å². The summed E-state index contributed by atoms with van der Waals surface area (Å²) in [6, 6.07) is 7.89. The summed E-state index contributed by atoms with van der Waals surface area (Å²) in [5.41, 5.74) is 2.13. The fourth-order valence-electron chi connectivity index (χ4n) is 1.25. The average molecular weight is 239 g/mol. The van der Waals surface area contributed by atoms with Crippen molar-refractivity contribution in [2.45, 2.75) is 11.9 Å². The summed E-state index contributed by atoms with van der Waals surface area (Å²) < 4.78 is 19.6. The van der Waals surface area contributed by atoms with Gasteiger partial charge in [-0.3, -0.25) is 0 Å². The molecule has 15 heavy (non-hydrogen) atoms. The molecule has 1 heterocycles. The van der Waals surface area contributed by atoms with E-state index in [2.05, 4.69) is 4.98 Å². The molecular formula is C10H9NO2S2. The zero-order valence-corrected chi connectivity index (χ0v) is 9.64. The lowest BCUT2D eigenvalue weighted by atomic mass is 10.1. The molecule has 1 N–H and O–H groups in total. The van der Waals surface area contributed by atoms with Crippen LogP contribution in [0.1, 0.15) is 5.56 Å². The summed E-state index contributed by atoms with van der Waals surface area (Å²) in [6.45, 7) is 2.00. The topological polar surface area (TPSA) is 50.2 Å². The third-order valence-corrected chi connectivity index (χ3v) is 3.53. The van der Waals surface area contributed by atoms with Crippen molar-refractivity contribution >= 4 is 22.4 Å². The third kappa shape index (κ3) is 2.31. The maximum Gasteiger partial charge on any atom is 0.206 e. The first kappa shape index (κ1) is 10.5. The number of rotatable bonds is 2. The number of nitrogens with zero attached hydrogens (tertiary/aromatic N) is 1. The molecule has 0 aliphatic carbocycles. The summed E-state index contributed by atoms with van der Waals surface area (Å²) in [5, 5.41) is 2.60. The van der Waals surface area contributed by atoms with Gasteiger partial charge in [0.2, 0.25) is 11.1 Å². The van der Waals surface area contributed by atoms with Crippen LogP contribution in [0.4, 0.5) is 0 Å². The minimum absolute atomic E-state index is 0.219. The molecule has 0 fully saturated rings. The van der Waals surface area contributed by atoms with E-state index >= 15 is 0 Å². The highest BCUT2D eigenvalue weighted by Gasteiger charge is 2.08. The quantitative estimate of drug-likeness (QED) is 0.820. The minimum atomic E-state index is -1.99. The molecule has 1 aromatic carbocycles. The van der Waals surface area contributed by atoms with Crippen molar-refractivity contribution in [3.05, 3.63) is 35.2 Å². The van der Waals surface area contributed by atoms with E-state index in [9.17, 15) is 4.21 Å². The summed E-state index contributed by atoms with van der Waals surface area (Å²) in [5.74, 6) is 0. The Morgan fingerprint density at radius 2 is 2.27 bits per heavy atom. The summed E-state index contributed by atoms with van der Waals surface area (Å²) in [7, 11) is 0. The Hall–Kier alpha value is -1.04. The molecule has 0 saturated carbocycles. The Kier molecular flexibility index (Phi) is 2.95. The van der Waals surface area contributed by atoms with E-state index in [1.54, 1.807) is 5.38 Å². The zero-order valence-electron chi connectivity index (χ0n) is 8.01. The lowest BCUT2D eigenvalue weighted by Gasteiger charge is -1.96. The van der Waals surface area contributed by atoms with Gasteiger partial charge in [-0.15, -0.1) is 11.3 Å². The molecule has 0 saturated heterocycles. The maximum absolute atomic E-state index is 10.8. The van der Waals surface area contributed by atoms with Crippen LogP contribution >= 0.6 is 11.3 Å². The highest BCUT2D eigenvalue weighted by Crippen LogP contribution is 2.25. The third-order valence-electron chi connectivity index (χ3n) is 1.93. The van der Waals surface area contributed by atoms with E-state index in [1.165, 1.54) is 11.3 Å². The van der Waals surface area contributed by atoms with Crippen LogP contribution in [0.5, 0.6) is 0 Å². The minimum Gasteiger partial charge on any atom is -0.301 e. The van der Waals surface area contributed by atoms with Crippen LogP contribution in [0.2, 0.25) is 0 Å². The zero-order chi connectivity index (χ0) is 10.8. The molecule has 0 radical (unpaired) electrons. The first-order chi connectivity index (χ1) is 7.16. The van der Waals surface area contributed by atoms with Gasteiger partial charge in [0.05, 0.1) is 0 Å². The number of thiazole rings is 1. The van der Waals surface area contributed by atoms with Crippen LogP contribution in [0.3, 0.4) is 0 Å². The van der Waals surface area contributed by atoms with Crippen LogP contribution in [-0.4, -0.2) is 13.7 Å². The van der Waals surface area contributed by atoms with Crippen LogP contribution in [0, 0.1) is 6.92 Å². The Labute approximate surface area is 94.1 Å². The SMILES string of the molecule is Cc1cccc(-c2nc(S(=O)O)cs2)c1. The summed E-state index contributed by atoms with van der Waals surface area (Å²) >= 11 is -0.612. The van der Waals surface area contributed by atoms with Gasteiger partial charge in [0, 0.05) is 10.9 Å². The highest BCUT2D eigenvalue weighted by atomic mass is 32.2.